The van der Waals surface area contributed by atoms with Crippen molar-refractivity contribution in [3.8, 4) is 0 Å². The second-order valence-corrected chi connectivity index (χ2v) is 9.33. The van der Waals surface area contributed by atoms with E-state index in [1.54, 1.807) is 37.3 Å². The van der Waals surface area contributed by atoms with E-state index in [1.165, 1.54) is 30.0 Å². The highest BCUT2D eigenvalue weighted by Gasteiger charge is 2.32. The first-order valence-corrected chi connectivity index (χ1v) is 12.3. The molecule has 10 heteroatoms. The number of carbonyl (C=O) groups is 2. The van der Waals surface area contributed by atoms with Gasteiger partial charge in [-0.15, -0.1) is 11.8 Å². The molecule has 2 amide bonds. The standard InChI is InChI=1S/C28H22F3N3O3S/c1-18-17-24(34-37-18)33-27(36)26(20-8-3-2-4-9-20)38-22-14-12-21(13-15-22)32-25(35)16-11-19-7-5-6-10-23(19)28(29,30)31/h2-17,26H,1H3,(H,32,35)(H,33,34,36)/b16-11+/t26-/m0/s1. The van der Waals surface area contributed by atoms with E-state index in [1.807, 2.05) is 30.3 Å². The van der Waals surface area contributed by atoms with Gasteiger partial charge >= 0.3 is 6.18 Å². The lowest BCUT2D eigenvalue weighted by atomic mass is 10.1. The van der Waals surface area contributed by atoms with E-state index in [-0.39, 0.29) is 11.5 Å². The van der Waals surface area contributed by atoms with E-state index in [2.05, 4.69) is 15.8 Å². The lowest BCUT2D eigenvalue weighted by Gasteiger charge is -2.16. The average Bonchev–Trinajstić information content (AvgIpc) is 3.31. The van der Waals surface area contributed by atoms with Crippen LogP contribution in [0.3, 0.4) is 0 Å². The quantitative estimate of drug-likeness (QED) is 0.185. The minimum atomic E-state index is -4.52. The summed E-state index contributed by atoms with van der Waals surface area (Å²) in [4.78, 5) is 26.1. The number of benzene rings is 3. The Labute approximate surface area is 220 Å². The SMILES string of the molecule is Cc1cc(NC(=O)[C@@H](Sc2ccc(NC(=O)/C=C/c3ccccc3C(F)(F)F)cc2)c2ccccc2)no1. The van der Waals surface area contributed by atoms with Gasteiger partial charge in [-0.3, -0.25) is 9.59 Å². The fourth-order valence-corrected chi connectivity index (χ4v) is 4.55. The van der Waals surface area contributed by atoms with Crippen LogP contribution in [-0.4, -0.2) is 17.0 Å². The van der Waals surface area contributed by atoms with Crippen molar-refractivity contribution in [3.63, 3.8) is 0 Å². The Kier molecular flexibility index (Phi) is 8.32. The summed E-state index contributed by atoms with van der Waals surface area (Å²) in [6.45, 7) is 1.73. The highest BCUT2D eigenvalue weighted by molar-refractivity contribution is 8.00. The van der Waals surface area contributed by atoms with Gasteiger partial charge in [0.25, 0.3) is 0 Å². The Morgan fingerprint density at radius 1 is 0.947 bits per heavy atom. The number of carbonyl (C=O) groups excluding carboxylic acids is 2. The minimum Gasteiger partial charge on any atom is -0.360 e. The van der Waals surface area contributed by atoms with Crippen LogP contribution in [0.15, 0.2) is 100 Å². The number of aryl methyl sites for hydroxylation is 1. The number of halogens is 3. The second kappa shape index (κ2) is 11.8. The fraction of sp³-hybridized carbons (Fsp3) is 0.107. The summed E-state index contributed by atoms with van der Waals surface area (Å²) < 4.78 is 44.5. The number of amides is 2. The van der Waals surface area contributed by atoms with E-state index in [4.69, 9.17) is 4.52 Å². The maximum atomic E-state index is 13.1. The molecule has 0 aliphatic heterocycles. The van der Waals surface area contributed by atoms with Crippen LogP contribution < -0.4 is 10.6 Å². The van der Waals surface area contributed by atoms with Gasteiger partial charge in [-0.1, -0.05) is 53.7 Å². The van der Waals surface area contributed by atoms with Crippen LogP contribution in [0.1, 0.15) is 27.7 Å². The first-order valence-electron chi connectivity index (χ1n) is 11.4. The molecule has 3 aromatic carbocycles. The molecule has 38 heavy (non-hydrogen) atoms. The smallest absolute Gasteiger partial charge is 0.360 e. The van der Waals surface area contributed by atoms with Crippen molar-refractivity contribution in [1.29, 1.82) is 0 Å². The highest BCUT2D eigenvalue weighted by atomic mass is 32.2. The number of nitrogens with one attached hydrogen (secondary N) is 2. The molecule has 0 saturated heterocycles. The molecule has 2 N–H and O–H groups in total. The van der Waals surface area contributed by atoms with E-state index < -0.39 is 22.9 Å². The maximum Gasteiger partial charge on any atom is 0.416 e. The number of alkyl halides is 3. The number of hydrogen-bond donors (Lipinski definition) is 2. The molecular weight excluding hydrogens is 515 g/mol. The summed E-state index contributed by atoms with van der Waals surface area (Å²) in [6, 6.07) is 22.7. The third kappa shape index (κ3) is 7.13. The van der Waals surface area contributed by atoms with E-state index in [0.717, 1.165) is 28.7 Å². The molecule has 0 spiro atoms. The van der Waals surface area contributed by atoms with E-state index >= 15 is 0 Å². The number of hydrogen-bond acceptors (Lipinski definition) is 5. The van der Waals surface area contributed by atoms with Crippen molar-refractivity contribution in [2.24, 2.45) is 0 Å². The average molecular weight is 538 g/mol. The Balaban J connectivity index is 1.43. The van der Waals surface area contributed by atoms with Crippen molar-refractivity contribution in [1.82, 2.24) is 5.16 Å². The Hall–Kier alpha value is -4.31. The molecule has 0 aliphatic carbocycles. The molecule has 194 valence electrons. The highest BCUT2D eigenvalue weighted by Crippen LogP contribution is 2.37. The van der Waals surface area contributed by atoms with Crippen molar-refractivity contribution in [2.75, 3.05) is 10.6 Å². The summed E-state index contributed by atoms with van der Waals surface area (Å²) >= 11 is 1.31. The Bertz CT molecular complexity index is 1430. The molecule has 0 radical (unpaired) electrons. The molecule has 4 aromatic rings. The summed E-state index contributed by atoms with van der Waals surface area (Å²) in [5.74, 6) is 0.0299. The molecule has 0 saturated carbocycles. The zero-order valence-corrected chi connectivity index (χ0v) is 20.8. The van der Waals surface area contributed by atoms with Crippen LogP contribution in [-0.2, 0) is 15.8 Å². The van der Waals surface area contributed by atoms with Crippen LogP contribution in [0.25, 0.3) is 6.08 Å². The van der Waals surface area contributed by atoms with Crippen LogP contribution >= 0.6 is 11.8 Å². The van der Waals surface area contributed by atoms with Crippen LogP contribution in [0.5, 0.6) is 0 Å². The summed E-state index contributed by atoms with van der Waals surface area (Å²) in [5, 5.41) is 8.61. The predicted octanol–water partition coefficient (Wildman–Crippen LogP) is 7.13. The van der Waals surface area contributed by atoms with Crippen LogP contribution in [0, 0.1) is 6.92 Å². The fourth-order valence-electron chi connectivity index (χ4n) is 3.52. The Morgan fingerprint density at radius 3 is 2.29 bits per heavy atom. The van der Waals surface area contributed by atoms with Gasteiger partial charge < -0.3 is 15.2 Å². The number of rotatable bonds is 8. The number of anilines is 2. The second-order valence-electron chi connectivity index (χ2n) is 8.15. The van der Waals surface area contributed by atoms with Gasteiger partial charge in [0.15, 0.2) is 5.82 Å². The van der Waals surface area contributed by atoms with Gasteiger partial charge in [-0.2, -0.15) is 13.2 Å². The molecule has 1 heterocycles. The molecule has 1 atom stereocenters. The van der Waals surface area contributed by atoms with Gasteiger partial charge in [0.2, 0.25) is 11.8 Å². The van der Waals surface area contributed by atoms with Crippen molar-refractivity contribution in [3.05, 3.63) is 113 Å². The third-order valence-corrected chi connectivity index (χ3v) is 6.54. The molecule has 6 nitrogen and oxygen atoms in total. The maximum absolute atomic E-state index is 13.1. The molecule has 1 aromatic heterocycles. The zero-order chi connectivity index (χ0) is 27.1. The number of aromatic nitrogens is 1. The summed E-state index contributed by atoms with van der Waals surface area (Å²) in [7, 11) is 0. The summed E-state index contributed by atoms with van der Waals surface area (Å²) in [5.41, 5.74) is 0.317. The van der Waals surface area contributed by atoms with Gasteiger partial charge in [-0.05, 0) is 54.5 Å². The molecule has 0 aliphatic rings. The lowest BCUT2D eigenvalue weighted by Crippen LogP contribution is -2.19. The molecule has 0 unspecified atom stereocenters. The van der Waals surface area contributed by atoms with Crippen LogP contribution in [0.4, 0.5) is 24.7 Å². The molecule has 0 bridgehead atoms. The van der Waals surface area contributed by atoms with Crippen molar-refractivity contribution >= 4 is 41.2 Å². The van der Waals surface area contributed by atoms with Crippen molar-refractivity contribution in [2.45, 2.75) is 23.2 Å². The van der Waals surface area contributed by atoms with E-state index in [0.29, 0.717) is 17.3 Å². The summed E-state index contributed by atoms with van der Waals surface area (Å²) in [6.07, 6.45) is -2.34. The topological polar surface area (TPSA) is 84.2 Å². The Morgan fingerprint density at radius 2 is 1.63 bits per heavy atom. The molecule has 0 fully saturated rings. The predicted molar refractivity (Wildman–Crippen MR) is 140 cm³/mol. The lowest BCUT2D eigenvalue weighted by molar-refractivity contribution is -0.137. The minimum absolute atomic E-state index is 0.104. The number of thioether (sulfide) groups is 1. The van der Waals surface area contributed by atoms with Gasteiger partial charge in [0.1, 0.15) is 11.0 Å². The van der Waals surface area contributed by atoms with Crippen molar-refractivity contribution < 1.29 is 27.3 Å². The van der Waals surface area contributed by atoms with Crippen LogP contribution in [0.2, 0.25) is 0 Å². The van der Waals surface area contributed by atoms with Gasteiger partial charge in [0, 0.05) is 22.7 Å². The monoisotopic (exact) mass is 537 g/mol. The molecular formula is C28H22F3N3O3S. The third-order valence-electron chi connectivity index (χ3n) is 5.28. The van der Waals surface area contributed by atoms with Gasteiger partial charge in [0.05, 0.1) is 5.56 Å². The first-order chi connectivity index (χ1) is 18.2. The first kappa shape index (κ1) is 26.7. The molecule has 4 rings (SSSR count). The normalized spacial score (nSPS) is 12.3. The van der Waals surface area contributed by atoms with Gasteiger partial charge in [-0.25, -0.2) is 0 Å². The largest absolute Gasteiger partial charge is 0.416 e. The zero-order valence-electron chi connectivity index (χ0n) is 20.0. The van der Waals surface area contributed by atoms with E-state index in [9.17, 15) is 22.8 Å². The number of nitrogens with zero attached hydrogens (tertiary/aromatic N) is 1.